The first-order valence-corrected chi connectivity index (χ1v) is 6.84. The summed E-state index contributed by atoms with van der Waals surface area (Å²) in [5, 5.41) is 5.34. The molecule has 0 aliphatic carbocycles. The van der Waals surface area contributed by atoms with Crippen LogP contribution in [0.15, 0.2) is 47.1 Å². The molecule has 0 bridgehead atoms. The van der Waals surface area contributed by atoms with E-state index in [9.17, 15) is 9.59 Å². The van der Waals surface area contributed by atoms with Gasteiger partial charge in [0, 0.05) is 5.69 Å². The summed E-state index contributed by atoms with van der Waals surface area (Å²) in [4.78, 5) is 23.8. The minimum Gasteiger partial charge on any atom is -0.459 e. The fraction of sp³-hybridized carbons (Fsp3) is 0.250. The first-order valence-electron chi connectivity index (χ1n) is 6.84. The summed E-state index contributed by atoms with van der Waals surface area (Å²) in [7, 11) is 0. The molecular formula is C16H18N2O3. The van der Waals surface area contributed by atoms with Crippen molar-refractivity contribution in [3.05, 3.63) is 54.0 Å². The SMILES string of the molecule is CCc1ccc(NC(=O)[C@H](C)NC(=O)c2ccco2)cc1. The average Bonchev–Trinajstić information content (AvgIpc) is 3.02. The molecule has 2 N–H and O–H groups in total. The molecule has 1 aromatic carbocycles. The zero-order valence-corrected chi connectivity index (χ0v) is 12.1. The highest BCUT2D eigenvalue weighted by Gasteiger charge is 2.18. The zero-order chi connectivity index (χ0) is 15.2. The minimum absolute atomic E-state index is 0.182. The van der Waals surface area contributed by atoms with Crippen LogP contribution in [-0.4, -0.2) is 17.9 Å². The number of hydrogen-bond donors (Lipinski definition) is 2. The highest BCUT2D eigenvalue weighted by molar-refractivity contribution is 5.99. The molecule has 2 aromatic rings. The number of carbonyl (C=O) groups excluding carboxylic acids is 2. The summed E-state index contributed by atoms with van der Waals surface area (Å²) < 4.78 is 4.98. The lowest BCUT2D eigenvalue weighted by Gasteiger charge is -2.13. The van der Waals surface area contributed by atoms with Gasteiger partial charge in [0.25, 0.3) is 5.91 Å². The number of aryl methyl sites for hydroxylation is 1. The van der Waals surface area contributed by atoms with E-state index in [1.165, 1.54) is 11.8 Å². The molecule has 21 heavy (non-hydrogen) atoms. The second-order valence-electron chi connectivity index (χ2n) is 4.71. The van der Waals surface area contributed by atoms with Gasteiger partial charge in [-0.2, -0.15) is 0 Å². The number of furan rings is 1. The predicted molar refractivity (Wildman–Crippen MR) is 80.1 cm³/mol. The molecule has 0 saturated heterocycles. The van der Waals surface area contributed by atoms with Gasteiger partial charge in [0.2, 0.25) is 5.91 Å². The van der Waals surface area contributed by atoms with Crippen LogP contribution in [0, 0.1) is 0 Å². The third-order valence-electron chi connectivity index (χ3n) is 3.12. The lowest BCUT2D eigenvalue weighted by molar-refractivity contribution is -0.117. The topological polar surface area (TPSA) is 71.3 Å². The fourth-order valence-corrected chi connectivity index (χ4v) is 1.82. The van der Waals surface area contributed by atoms with E-state index in [2.05, 4.69) is 17.6 Å². The van der Waals surface area contributed by atoms with E-state index in [0.717, 1.165) is 6.42 Å². The summed E-state index contributed by atoms with van der Waals surface area (Å²) in [6.07, 6.45) is 2.36. The van der Waals surface area contributed by atoms with Crippen molar-refractivity contribution in [1.82, 2.24) is 5.32 Å². The van der Waals surface area contributed by atoms with Gasteiger partial charge in [-0.15, -0.1) is 0 Å². The molecule has 0 spiro atoms. The second kappa shape index (κ2) is 6.74. The molecule has 0 unspecified atom stereocenters. The molecular weight excluding hydrogens is 268 g/mol. The highest BCUT2D eigenvalue weighted by Crippen LogP contribution is 2.10. The van der Waals surface area contributed by atoms with E-state index in [-0.39, 0.29) is 11.7 Å². The van der Waals surface area contributed by atoms with Crippen molar-refractivity contribution in [1.29, 1.82) is 0 Å². The minimum atomic E-state index is -0.659. The van der Waals surface area contributed by atoms with Gasteiger partial charge in [-0.1, -0.05) is 19.1 Å². The first kappa shape index (κ1) is 14.8. The van der Waals surface area contributed by atoms with E-state index in [4.69, 9.17) is 4.42 Å². The fourth-order valence-electron chi connectivity index (χ4n) is 1.82. The zero-order valence-electron chi connectivity index (χ0n) is 12.1. The first-order chi connectivity index (χ1) is 10.1. The molecule has 1 atom stereocenters. The number of nitrogens with one attached hydrogen (secondary N) is 2. The van der Waals surface area contributed by atoms with Crippen LogP contribution in [0.5, 0.6) is 0 Å². The Kier molecular flexibility index (Phi) is 4.77. The van der Waals surface area contributed by atoms with E-state index in [1.807, 2.05) is 24.3 Å². The number of amides is 2. The van der Waals surface area contributed by atoms with Crippen LogP contribution in [0.3, 0.4) is 0 Å². The Balaban J connectivity index is 1.91. The summed E-state index contributed by atoms with van der Waals surface area (Å²) in [5.41, 5.74) is 1.91. The maximum atomic E-state index is 12.0. The van der Waals surface area contributed by atoms with Crippen LogP contribution in [0.4, 0.5) is 5.69 Å². The summed E-state index contributed by atoms with van der Waals surface area (Å²) in [6, 6.07) is 10.1. The van der Waals surface area contributed by atoms with Crippen LogP contribution in [-0.2, 0) is 11.2 Å². The van der Waals surface area contributed by atoms with Crippen LogP contribution in [0.1, 0.15) is 30.0 Å². The molecule has 0 fully saturated rings. The molecule has 5 nitrogen and oxygen atoms in total. The maximum absolute atomic E-state index is 12.0. The molecule has 110 valence electrons. The van der Waals surface area contributed by atoms with E-state index in [1.54, 1.807) is 19.1 Å². The lowest BCUT2D eigenvalue weighted by atomic mass is 10.1. The Bertz CT molecular complexity index is 603. The van der Waals surface area contributed by atoms with E-state index in [0.29, 0.717) is 5.69 Å². The standard InChI is InChI=1S/C16H18N2O3/c1-3-12-6-8-13(9-7-12)18-15(19)11(2)17-16(20)14-5-4-10-21-14/h4-11H,3H2,1-2H3,(H,17,20)(H,18,19)/t11-/m0/s1. The quantitative estimate of drug-likeness (QED) is 0.887. The van der Waals surface area contributed by atoms with Crippen LogP contribution < -0.4 is 10.6 Å². The summed E-state index contributed by atoms with van der Waals surface area (Å²) in [5.74, 6) is -0.509. The molecule has 5 heteroatoms. The van der Waals surface area contributed by atoms with Crippen molar-refractivity contribution >= 4 is 17.5 Å². The normalized spacial score (nSPS) is 11.7. The van der Waals surface area contributed by atoms with Gasteiger partial charge >= 0.3 is 0 Å². The second-order valence-corrected chi connectivity index (χ2v) is 4.71. The molecule has 2 rings (SSSR count). The van der Waals surface area contributed by atoms with Crippen molar-refractivity contribution in [3.63, 3.8) is 0 Å². The molecule has 0 radical (unpaired) electrons. The van der Waals surface area contributed by atoms with Crippen molar-refractivity contribution in [2.24, 2.45) is 0 Å². The van der Waals surface area contributed by atoms with Crippen molar-refractivity contribution in [2.75, 3.05) is 5.32 Å². The smallest absolute Gasteiger partial charge is 0.287 e. The number of carbonyl (C=O) groups is 2. The Labute approximate surface area is 123 Å². The Morgan fingerprint density at radius 1 is 1.19 bits per heavy atom. The van der Waals surface area contributed by atoms with Gasteiger partial charge in [0.1, 0.15) is 6.04 Å². The summed E-state index contributed by atoms with van der Waals surface area (Å²) in [6.45, 7) is 3.69. The van der Waals surface area contributed by atoms with E-state index < -0.39 is 11.9 Å². The van der Waals surface area contributed by atoms with Crippen molar-refractivity contribution < 1.29 is 14.0 Å². The Hall–Kier alpha value is -2.56. The number of rotatable bonds is 5. The summed E-state index contributed by atoms with van der Waals surface area (Å²) >= 11 is 0. The molecule has 1 heterocycles. The third-order valence-corrected chi connectivity index (χ3v) is 3.12. The van der Waals surface area contributed by atoms with Crippen LogP contribution in [0.25, 0.3) is 0 Å². The number of anilines is 1. The molecule has 0 saturated carbocycles. The molecule has 2 amide bonds. The largest absolute Gasteiger partial charge is 0.459 e. The average molecular weight is 286 g/mol. The van der Waals surface area contributed by atoms with E-state index >= 15 is 0 Å². The predicted octanol–water partition coefficient (Wildman–Crippen LogP) is 2.60. The van der Waals surface area contributed by atoms with Gasteiger partial charge in [0.05, 0.1) is 6.26 Å². The van der Waals surface area contributed by atoms with Crippen molar-refractivity contribution in [3.8, 4) is 0 Å². The van der Waals surface area contributed by atoms with Crippen LogP contribution in [0.2, 0.25) is 0 Å². The number of hydrogen-bond acceptors (Lipinski definition) is 3. The Morgan fingerprint density at radius 2 is 1.90 bits per heavy atom. The third kappa shape index (κ3) is 3.95. The Morgan fingerprint density at radius 3 is 2.48 bits per heavy atom. The van der Waals surface area contributed by atoms with Gasteiger partial charge in [0.15, 0.2) is 5.76 Å². The van der Waals surface area contributed by atoms with Crippen molar-refractivity contribution in [2.45, 2.75) is 26.3 Å². The van der Waals surface area contributed by atoms with Crippen LogP contribution >= 0.6 is 0 Å². The lowest BCUT2D eigenvalue weighted by Crippen LogP contribution is -2.41. The van der Waals surface area contributed by atoms with Gasteiger partial charge in [-0.3, -0.25) is 9.59 Å². The molecule has 1 aromatic heterocycles. The monoisotopic (exact) mass is 286 g/mol. The van der Waals surface area contributed by atoms with Gasteiger partial charge < -0.3 is 15.1 Å². The molecule has 0 aliphatic rings. The van der Waals surface area contributed by atoms with Gasteiger partial charge in [-0.05, 0) is 43.2 Å². The number of benzene rings is 1. The molecule has 0 aliphatic heterocycles. The van der Waals surface area contributed by atoms with Gasteiger partial charge in [-0.25, -0.2) is 0 Å². The highest BCUT2D eigenvalue weighted by atomic mass is 16.3. The maximum Gasteiger partial charge on any atom is 0.287 e.